The molecule has 0 heterocycles. The van der Waals surface area contributed by atoms with Gasteiger partial charge in [0, 0.05) is 18.5 Å². The number of hydrogen-bond donors (Lipinski definition) is 1. The predicted molar refractivity (Wildman–Crippen MR) is 41.5 cm³/mol. The summed E-state index contributed by atoms with van der Waals surface area (Å²) in [6, 6.07) is 0. The lowest BCUT2D eigenvalue weighted by molar-refractivity contribution is 1.42. The summed E-state index contributed by atoms with van der Waals surface area (Å²) in [5.74, 6) is 0. The number of rotatable bonds is 2. The first kappa shape index (κ1) is 7.95. The Morgan fingerprint density at radius 3 is 2.44 bits per heavy atom. The van der Waals surface area contributed by atoms with Crippen LogP contribution in [-0.2, 0) is 0 Å². The van der Waals surface area contributed by atoms with E-state index >= 15 is 0 Å². The van der Waals surface area contributed by atoms with Gasteiger partial charge in [-0.3, -0.25) is 4.99 Å². The van der Waals surface area contributed by atoms with E-state index in [1.54, 1.807) is 13.1 Å². The van der Waals surface area contributed by atoms with Gasteiger partial charge in [0.15, 0.2) is 0 Å². The summed E-state index contributed by atoms with van der Waals surface area (Å²) in [4.78, 5) is 3.89. The summed E-state index contributed by atoms with van der Waals surface area (Å²) in [7, 11) is 1.74. The van der Waals surface area contributed by atoms with E-state index in [0.29, 0.717) is 5.70 Å². The second-order valence-corrected chi connectivity index (χ2v) is 1.77. The van der Waals surface area contributed by atoms with Crippen molar-refractivity contribution in [2.24, 2.45) is 10.7 Å². The molecule has 0 spiro atoms. The molecule has 0 amide bonds. The fourth-order valence-corrected chi connectivity index (χ4v) is 0.302. The first-order chi connectivity index (χ1) is 4.16. The zero-order valence-electron chi connectivity index (χ0n) is 5.89. The number of nitrogens with two attached hydrogens (primary N) is 1. The minimum atomic E-state index is 0.554. The van der Waals surface area contributed by atoms with Gasteiger partial charge in [0.1, 0.15) is 0 Å². The Hall–Kier alpha value is -1.05. The summed E-state index contributed by atoms with van der Waals surface area (Å²) in [6.45, 7) is 5.40. The normalized spacial score (nSPS) is 12.4. The highest BCUT2D eigenvalue weighted by atomic mass is 14.7. The molecule has 2 N–H and O–H groups in total. The molecule has 0 aromatic carbocycles. The van der Waals surface area contributed by atoms with Crippen molar-refractivity contribution in [3.63, 3.8) is 0 Å². The zero-order chi connectivity index (χ0) is 7.28. The summed E-state index contributed by atoms with van der Waals surface area (Å²) in [5, 5.41) is 0. The summed E-state index contributed by atoms with van der Waals surface area (Å²) < 4.78 is 0. The van der Waals surface area contributed by atoms with Crippen LogP contribution in [0.5, 0.6) is 0 Å². The number of hydrogen-bond acceptors (Lipinski definition) is 2. The van der Waals surface area contributed by atoms with Crippen LogP contribution in [0, 0.1) is 0 Å². The van der Waals surface area contributed by atoms with E-state index < -0.39 is 0 Å². The van der Waals surface area contributed by atoms with Gasteiger partial charge in [-0.15, -0.1) is 0 Å². The van der Waals surface area contributed by atoms with Crippen molar-refractivity contribution < 1.29 is 0 Å². The molecule has 0 aliphatic carbocycles. The smallest absolute Gasteiger partial charge is 0.0314 e. The monoisotopic (exact) mass is 124 g/mol. The standard InChI is InChI=1S/C7H12N2/c1-6(8)4-5-7(2)9-3/h4-5H,1,8H2,2-3H3/b5-4-,9-7?. The van der Waals surface area contributed by atoms with Gasteiger partial charge in [0.2, 0.25) is 0 Å². The van der Waals surface area contributed by atoms with Gasteiger partial charge in [-0.2, -0.15) is 0 Å². The SMILES string of the molecule is C=C(N)/C=C\C(C)=NC. The van der Waals surface area contributed by atoms with Crippen LogP contribution < -0.4 is 5.73 Å². The van der Waals surface area contributed by atoms with Crippen LogP contribution in [0.3, 0.4) is 0 Å². The highest BCUT2D eigenvalue weighted by Gasteiger charge is 1.77. The molecule has 0 aromatic heterocycles. The molecule has 0 atom stereocenters. The van der Waals surface area contributed by atoms with Crippen molar-refractivity contribution in [1.29, 1.82) is 0 Å². The second kappa shape index (κ2) is 3.89. The van der Waals surface area contributed by atoms with Crippen molar-refractivity contribution in [1.82, 2.24) is 0 Å². The van der Waals surface area contributed by atoms with E-state index in [0.717, 1.165) is 5.71 Å². The average Bonchev–Trinajstić information content (AvgIpc) is 1.83. The number of allylic oxidation sites excluding steroid dienone is 2. The van der Waals surface area contributed by atoms with E-state index in [1.807, 2.05) is 13.0 Å². The van der Waals surface area contributed by atoms with E-state index in [-0.39, 0.29) is 0 Å². The maximum absolute atomic E-state index is 5.26. The average molecular weight is 124 g/mol. The van der Waals surface area contributed by atoms with Crippen LogP contribution >= 0.6 is 0 Å². The first-order valence-electron chi connectivity index (χ1n) is 2.72. The molecule has 50 valence electrons. The van der Waals surface area contributed by atoms with Gasteiger partial charge >= 0.3 is 0 Å². The zero-order valence-corrected chi connectivity index (χ0v) is 5.89. The molecule has 2 heteroatoms. The molecule has 9 heavy (non-hydrogen) atoms. The largest absolute Gasteiger partial charge is 0.399 e. The third-order valence-electron chi connectivity index (χ3n) is 0.891. The lowest BCUT2D eigenvalue weighted by Crippen LogP contribution is -1.90. The molecule has 0 aliphatic rings. The van der Waals surface area contributed by atoms with Crippen molar-refractivity contribution in [2.45, 2.75) is 6.92 Å². The molecular formula is C7H12N2. The molecule has 0 bridgehead atoms. The lowest BCUT2D eigenvalue weighted by atomic mass is 10.3. The van der Waals surface area contributed by atoms with Crippen molar-refractivity contribution in [3.05, 3.63) is 24.4 Å². The minimum Gasteiger partial charge on any atom is -0.399 e. The van der Waals surface area contributed by atoms with Crippen molar-refractivity contribution in [3.8, 4) is 0 Å². The molecule has 0 fully saturated rings. The summed E-state index contributed by atoms with van der Waals surface area (Å²) in [5.41, 5.74) is 6.76. The van der Waals surface area contributed by atoms with Crippen molar-refractivity contribution >= 4 is 5.71 Å². The van der Waals surface area contributed by atoms with E-state index in [9.17, 15) is 0 Å². The molecule has 0 saturated heterocycles. The third kappa shape index (κ3) is 4.81. The van der Waals surface area contributed by atoms with Crippen LogP contribution in [0.2, 0.25) is 0 Å². The maximum Gasteiger partial charge on any atom is 0.0314 e. The molecule has 2 nitrogen and oxygen atoms in total. The number of nitrogens with zero attached hydrogens (tertiary/aromatic N) is 1. The van der Waals surface area contributed by atoms with Gasteiger partial charge < -0.3 is 5.73 Å². The predicted octanol–water partition coefficient (Wildman–Crippen LogP) is 1.11. The van der Waals surface area contributed by atoms with Crippen LogP contribution in [0.25, 0.3) is 0 Å². The van der Waals surface area contributed by atoms with Crippen LogP contribution in [0.15, 0.2) is 29.4 Å². The topological polar surface area (TPSA) is 38.4 Å². The van der Waals surface area contributed by atoms with Crippen LogP contribution in [-0.4, -0.2) is 12.8 Å². The fraction of sp³-hybridized carbons (Fsp3) is 0.286. The third-order valence-corrected chi connectivity index (χ3v) is 0.891. The summed E-state index contributed by atoms with van der Waals surface area (Å²) in [6.07, 6.45) is 3.55. The van der Waals surface area contributed by atoms with Gasteiger partial charge in [-0.05, 0) is 19.1 Å². The van der Waals surface area contributed by atoms with E-state index in [1.165, 1.54) is 0 Å². The Morgan fingerprint density at radius 2 is 2.11 bits per heavy atom. The fourth-order valence-electron chi connectivity index (χ4n) is 0.302. The highest BCUT2D eigenvalue weighted by Crippen LogP contribution is 1.83. The Balaban J connectivity index is 3.86. The quantitative estimate of drug-likeness (QED) is 0.434. The molecular weight excluding hydrogens is 112 g/mol. The van der Waals surface area contributed by atoms with Crippen LogP contribution in [0.1, 0.15) is 6.92 Å². The second-order valence-electron chi connectivity index (χ2n) is 1.77. The molecule has 0 aromatic rings. The lowest BCUT2D eigenvalue weighted by Gasteiger charge is -1.86. The number of aliphatic imine (C=N–C) groups is 1. The Labute approximate surface area is 55.8 Å². The van der Waals surface area contributed by atoms with Crippen molar-refractivity contribution in [2.75, 3.05) is 7.05 Å². The minimum absolute atomic E-state index is 0.554. The Bertz CT molecular complexity index is 154. The van der Waals surface area contributed by atoms with Gasteiger partial charge in [-0.25, -0.2) is 0 Å². The molecule has 0 saturated carbocycles. The van der Waals surface area contributed by atoms with Gasteiger partial charge in [0.05, 0.1) is 0 Å². The van der Waals surface area contributed by atoms with E-state index in [2.05, 4.69) is 11.6 Å². The molecule has 0 rings (SSSR count). The summed E-state index contributed by atoms with van der Waals surface area (Å²) >= 11 is 0. The van der Waals surface area contributed by atoms with Crippen LogP contribution in [0.4, 0.5) is 0 Å². The maximum atomic E-state index is 5.26. The van der Waals surface area contributed by atoms with E-state index in [4.69, 9.17) is 5.73 Å². The van der Waals surface area contributed by atoms with Gasteiger partial charge in [0.25, 0.3) is 0 Å². The Kier molecular flexibility index (Phi) is 3.44. The first-order valence-corrected chi connectivity index (χ1v) is 2.72. The Morgan fingerprint density at radius 1 is 1.56 bits per heavy atom. The van der Waals surface area contributed by atoms with Gasteiger partial charge in [-0.1, -0.05) is 6.58 Å². The molecule has 0 unspecified atom stereocenters. The molecule has 0 aliphatic heterocycles. The molecule has 0 radical (unpaired) electrons. The highest BCUT2D eigenvalue weighted by molar-refractivity contribution is 5.92.